The lowest BCUT2D eigenvalue weighted by atomic mass is 10.2. The summed E-state index contributed by atoms with van der Waals surface area (Å²) in [6.45, 7) is 7.95. The molecule has 4 rings (SSSR count). The second-order valence-electron chi connectivity index (χ2n) is 7.05. The van der Waals surface area contributed by atoms with Crippen molar-refractivity contribution in [2.75, 3.05) is 68.9 Å². The van der Waals surface area contributed by atoms with Crippen LogP contribution in [0.4, 0.5) is 16.4 Å². The molecule has 29 heavy (non-hydrogen) atoms. The van der Waals surface area contributed by atoms with Crippen LogP contribution in [-0.2, 0) is 9.47 Å². The Kier molecular flexibility index (Phi) is 6.09. The van der Waals surface area contributed by atoms with E-state index in [4.69, 9.17) is 19.4 Å². The Hall–Kier alpha value is -2.87. The number of hydrogen-bond donors (Lipinski definition) is 0. The zero-order valence-electron chi connectivity index (χ0n) is 16.8. The second-order valence-corrected chi connectivity index (χ2v) is 7.05. The van der Waals surface area contributed by atoms with Gasteiger partial charge in [-0.2, -0.15) is 0 Å². The number of ether oxygens (including phenoxy) is 2. The lowest BCUT2D eigenvalue weighted by Crippen LogP contribution is -2.49. The van der Waals surface area contributed by atoms with Gasteiger partial charge in [0, 0.05) is 50.9 Å². The largest absolute Gasteiger partial charge is 0.450 e. The molecule has 8 heteroatoms. The number of aromatic nitrogens is 2. The number of rotatable bonds is 4. The summed E-state index contributed by atoms with van der Waals surface area (Å²) in [5, 5.41) is 0. The number of hydrogen-bond acceptors (Lipinski definition) is 7. The van der Waals surface area contributed by atoms with Crippen LogP contribution in [0.3, 0.4) is 0 Å². The minimum absolute atomic E-state index is 0.242. The number of amides is 1. The van der Waals surface area contributed by atoms with Gasteiger partial charge in [-0.05, 0) is 6.92 Å². The van der Waals surface area contributed by atoms with E-state index in [0.717, 1.165) is 36.1 Å². The Labute approximate surface area is 171 Å². The average Bonchev–Trinajstić information content (AvgIpc) is 2.80. The van der Waals surface area contributed by atoms with Crippen LogP contribution in [0.1, 0.15) is 6.92 Å². The highest BCUT2D eigenvalue weighted by atomic mass is 16.6. The Morgan fingerprint density at radius 3 is 2.21 bits per heavy atom. The van der Waals surface area contributed by atoms with Crippen molar-refractivity contribution in [3.63, 3.8) is 0 Å². The first kappa shape index (κ1) is 19.4. The van der Waals surface area contributed by atoms with Crippen molar-refractivity contribution in [2.24, 2.45) is 0 Å². The molecule has 0 aliphatic carbocycles. The molecular formula is C21H27N5O3. The molecule has 8 nitrogen and oxygen atoms in total. The summed E-state index contributed by atoms with van der Waals surface area (Å²) in [5.41, 5.74) is 0.994. The maximum Gasteiger partial charge on any atom is 0.409 e. The zero-order valence-corrected chi connectivity index (χ0v) is 16.8. The Balaban J connectivity index is 1.58. The summed E-state index contributed by atoms with van der Waals surface area (Å²) >= 11 is 0. The minimum atomic E-state index is -0.242. The van der Waals surface area contributed by atoms with Crippen LogP contribution < -0.4 is 9.80 Å². The van der Waals surface area contributed by atoms with E-state index in [-0.39, 0.29) is 6.09 Å². The van der Waals surface area contributed by atoms with E-state index >= 15 is 0 Å². The number of carbonyl (C=O) groups excluding carboxylic acids is 1. The summed E-state index contributed by atoms with van der Waals surface area (Å²) in [6, 6.07) is 12.1. The summed E-state index contributed by atoms with van der Waals surface area (Å²) in [7, 11) is 0. The van der Waals surface area contributed by atoms with Gasteiger partial charge in [0.05, 0.1) is 19.8 Å². The highest BCUT2D eigenvalue weighted by Crippen LogP contribution is 2.26. The molecule has 0 radical (unpaired) electrons. The zero-order chi connectivity index (χ0) is 20.1. The predicted molar refractivity (Wildman–Crippen MR) is 111 cm³/mol. The summed E-state index contributed by atoms with van der Waals surface area (Å²) < 4.78 is 10.6. The van der Waals surface area contributed by atoms with Crippen molar-refractivity contribution in [3.05, 3.63) is 36.4 Å². The molecule has 3 heterocycles. The first-order chi connectivity index (χ1) is 14.2. The van der Waals surface area contributed by atoms with E-state index in [1.165, 1.54) is 0 Å². The molecule has 0 N–H and O–H groups in total. The van der Waals surface area contributed by atoms with E-state index in [2.05, 4.69) is 15.9 Å². The van der Waals surface area contributed by atoms with E-state index in [1.807, 2.05) is 37.3 Å². The number of morpholine rings is 1. The van der Waals surface area contributed by atoms with Crippen LogP contribution in [0, 0.1) is 0 Å². The van der Waals surface area contributed by atoms with Gasteiger partial charge < -0.3 is 24.2 Å². The van der Waals surface area contributed by atoms with Crippen molar-refractivity contribution in [1.82, 2.24) is 14.9 Å². The van der Waals surface area contributed by atoms with Gasteiger partial charge >= 0.3 is 6.09 Å². The lowest BCUT2D eigenvalue weighted by Gasteiger charge is -2.35. The van der Waals surface area contributed by atoms with Crippen LogP contribution in [-0.4, -0.2) is 80.1 Å². The molecular weight excluding hydrogens is 370 g/mol. The van der Waals surface area contributed by atoms with Gasteiger partial charge in [-0.25, -0.2) is 14.8 Å². The maximum atomic E-state index is 12.0. The van der Waals surface area contributed by atoms with E-state index in [1.54, 1.807) is 4.90 Å². The number of nitrogens with zero attached hydrogens (tertiary/aromatic N) is 5. The molecule has 1 aromatic carbocycles. The molecule has 0 unspecified atom stereocenters. The molecule has 0 atom stereocenters. The number of piperazine rings is 1. The van der Waals surface area contributed by atoms with Crippen LogP contribution >= 0.6 is 0 Å². The highest BCUT2D eigenvalue weighted by molar-refractivity contribution is 5.68. The number of carbonyl (C=O) groups is 1. The highest BCUT2D eigenvalue weighted by Gasteiger charge is 2.24. The third-order valence-corrected chi connectivity index (χ3v) is 5.20. The molecule has 2 aliphatic rings. The normalized spacial score (nSPS) is 17.3. The number of anilines is 2. The molecule has 0 bridgehead atoms. The monoisotopic (exact) mass is 397 g/mol. The van der Waals surface area contributed by atoms with Crippen molar-refractivity contribution in [3.8, 4) is 11.4 Å². The van der Waals surface area contributed by atoms with Crippen molar-refractivity contribution in [1.29, 1.82) is 0 Å². The van der Waals surface area contributed by atoms with Crippen LogP contribution in [0.2, 0.25) is 0 Å². The Morgan fingerprint density at radius 1 is 0.966 bits per heavy atom. The Morgan fingerprint density at radius 2 is 1.59 bits per heavy atom. The van der Waals surface area contributed by atoms with Crippen LogP contribution in [0.5, 0.6) is 0 Å². The molecule has 1 aromatic heterocycles. The SMILES string of the molecule is CCOC(=O)N1CCN(c2cc(N3CCOCC3)nc(-c3ccccc3)n2)CC1. The van der Waals surface area contributed by atoms with Gasteiger partial charge in [-0.3, -0.25) is 0 Å². The average molecular weight is 397 g/mol. The van der Waals surface area contributed by atoms with Crippen molar-refractivity contribution >= 4 is 17.7 Å². The summed E-state index contributed by atoms with van der Waals surface area (Å²) in [5.74, 6) is 2.53. The standard InChI is InChI=1S/C21H27N5O3/c1-2-29-21(27)26-10-8-24(9-11-26)18-16-19(25-12-14-28-15-13-25)23-20(22-18)17-6-4-3-5-7-17/h3-7,16H,2,8-15H2,1H3. The molecule has 2 fully saturated rings. The smallest absolute Gasteiger partial charge is 0.409 e. The number of benzene rings is 1. The van der Waals surface area contributed by atoms with E-state index < -0.39 is 0 Å². The first-order valence-corrected chi connectivity index (χ1v) is 10.2. The molecule has 2 saturated heterocycles. The van der Waals surface area contributed by atoms with Gasteiger partial charge in [-0.15, -0.1) is 0 Å². The quantitative estimate of drug-likeness (QED) is 0.784. The molecule has 2 aromatic rings. The molecule has 0 spiro atoms. The third-order valence-electron chi connectivity index (χ3n) is 5.20. The third kappa shape index (κ3) is 4.59. The predicted octanol–water partition coefficient (Wildman–Crippen LogP) is 2.26. The molecule has 2 aliphatic heterocycles. The maximum absolute atomic E-state index is 12.0. The van der Waals surface area contributed by atoms with Crippen LogP contribution in [0.15, 0.2) is 36.4 Å². The fourth-order valence-corrected chi connectivity index (χ4v) is 3.59. The molecule has 1 amide bonds. The van der Waals surface area contributed by atoms with E-state index in [9.17, 15) is 4.79 Å². The Bertz CT molecular complexity index is 818. The molecule has 154 valence electrons. The van der Waals surface area contributed by atoms with Crippen molar-refractivity contribution in [2.45, 2.75) is 6.92 Å². The molecule has 0 saturated carbocycles. The topological polar surface area (TPSA) is 71.0 Å². The lowest BCUT2D eigenvalue weighted by molar-refractivity contribution is 0.105. The van der Waals surface area contributed by atoms with Gasteiger partial charge in [0.15, 0.2) is 5.82 Å². The van der Waals surface area contributed by atoms with Gasteiger partial charge in [0.1, 0.15) is 11.6 Å². The van der Waals surface area contributed by atoms with Crippen LogP contribution in [0.25, 0.3) is 11.4 Å². The summed E-state index contributed by atoms with van der Waals surface area (Å²) in [6.07, 6.45) is -0.242. The van der Waals surface area contributed by atoms with E-state index in [0.29, 0.717) is 46.0 Å². The first-order valence-electron chi connectivity index (χ1n) is 10.2. The van der Waals surface area contributed by atoms with Gasteiger partial charge in [0.25, 0.3) is 0 Å². The fraction of sp³-hybridized carbons (Fsp3) is 0.476. The van der Waals surface area contributed by atoms with Gasteiger partial charge in [-0.1, -0.05) is 30.3 Å². The summed E-state index contributed by atoms with van der Waals surface area (Å²) in [4.78, 5) is 27.9. The minimum Gasteiger partial charge on any atom is -0.450 e. The van der Waals surface area contributed by atoms with Gasteiger partial charge in [0.2, 0.25) is 0 Å². The second kappa shape index (κ2) is 9.09. The fourth-order valence-electron chi connectivity index (χ4n) is 3.59. The van der Waals surface area contributed by atoms with Crippen molar-refractivity contribution < 1.29 is 14.3 Å².